The molecule has 1 aliphatic carbocycles. The summed E-state index contributed by atoms with van der Waals surface area (Å²) < 4.78 is 2.05. The van der Waals surface area contributed by atoms with E-state index >= 15 is 0 Å². The number of para-hydroxylation sites is 1. The first-order valence-electron chi connectivity index (χ1n) is 15.3. The van der Waals surface area contributed by atoms with Crippen molar-refractivity contribution < 1.29 is 9.72 Å². The molecule has 0 atom stereocenters. The number of nitrogens with zero attached hydrogens (tertiary/aromatic N) is 4. The van der Waals surface area contributed by atoms with Gasteiger partial charge in [-0.05, 0) is 84.7 Å². The lowest BCUT2D eigenvalue weighted by atomic mass is 9.85. The summed E-state index contributed by atoms with van der Waals surface area (Å²) in [4.78, 5) is 35.2. The number of carbonyl (C=O) groups excluding carboxylic acids is 1. The van der Waals surface area contributed by atoms with Gasteiger partial charge in [-0.3, -0.25) is 20.2 Å². The van der Waals surface area contributed by atoms with Crippen molar-refractivity contribution in [3.63, 3.8) is 0 Å². The number of aryl methyl sites for hydroxylation is 2. The highest BCUT2D eigenvalue weighted by atomic mass is 35.5. The van der Waals surface area contributed by atoms with Gasteiger partial charge in [0.15, 0.2) is 0 Å². The molecule has 228 valence electrons. The first kappa shape index (κ1) is 29.4. The lowest BCUT2D eigenvalue weighted by Crippen LogP contribution is -2.21. The van der Waals surface area contributed by atoms with Gasteiger partial charge < -0.3 is 4.57 Å². The van der Waals surface area contributed by atoms with Gasteiger partial charge in [-0.25, -0.2) is 9.97 Å². The molecule has 1 amide bonds. The van der Waals surface area contributed by atoms with Crippen LogP contribution in [-0.4, -0.2) is 25.4 Å². The largest absolute Gasteiger partial charge is 0.310 e. The van der Waals surface area contributed by atoms with E-state index in [-0.39, 0.29) is 11.6 Å². The maximum absolute atomic E-state index is 14.4. The van der Waals surface area contributed by atoms with Gasteiger partial charge in [-0.15, -0.1) is 0 Å². The number of nitro groups is 1. The number of nitrogens with one attached hydrogen (secondary N) is 1. The van der Waals surface area contributed by atoms with E-state index in [2.05, 4.69) is 22.0 Å². The van der Waals surface area contributed by atoms with Crippen molar-refractivity contribution in [3.05, 3.63) is 140 Å². The highest BCUT2D eigenvalue weighted by Gasteiger charge is 2.26. The van der Waals surface area contributed by atoms with Gasteiger partial charge in [0.2, 0.25) is 5.95 Å². The molecule has 2 heterocycles. The Balaban J connectivity index is 1.28. The summed E-state index contributed by atoms with van der Waals surface area (Å²) in [6, 6.07) is 30.2. The number of imidazole rings is 1. The second-order valence-corrected chi connectivity index (χ2v) is 11.9. The van der Waals surface area contributed by atoms with E-state index in [0.29, 0.717) is 40.5 Å². The number of amides is 1. The number of hydrogen-bond acceptors (Lipinski definition) is 5. The Labute approximate surface area is 270 Å². The minimum atomic E-state index is -0.395. The number of carbonyl (C=O) groups is 1. The topological polar surface area (TPSA) is 103 Å². The molecule has 6 aromatic rings. The van der Waals surface area contributed by atoms with Crippen LogP contribution in [0.2, 0.25) is 5.02 Å². The third-order valence-electron chi connectivity index (χ3n) is 8.44. The number of hydrogen-bond donors (Lipinski definition) is 1. The SMILES string of the molecule is O=C(Nc1nc2cc(Cl)ccc2n1CCCc1ccccc1)c1c2c(nc3ccccc13)/C(=C/c1cccc([N+](=O)[O-])c1)CCC2. The number of halogens is 1. The van der Waals surface area contributed by atoms with Crippen LogP contribution in [0.25, 0.3) is 33.6 Å². The second kappa shape index (κ2) is 12.6. The number of pyridine rings is 1. The van der Waals surface area contributed by atoms with Crippen molar-refractivity contribution >= 4 is 62.7 Å². The van der Waals surface area contributed by atoms with Crippen molar-refractivity contribution in [2.75, 3.05) is 5.32 Å². The maximum Gasteiger partial charge on any atom is 0.270 e. The monoisotopic (exact) mass is 627 g/mol. The van der Waals surface area contributed by atoms with Crippen LogP contribution in [0.15, 0.2) is 97.1 Å². The van der Waals surface area contributed by atoms with Crippen LogP contribution < -0.4 is 5.32 Å². The van der Waals surface area contributed by atoms with Crippen LogP contribution in [0.3, 0.4) is 0 Å². The molecule has 0 radical (unpaired) electrons. The fourth-order valence-electron chi connectivity index (χ4n) is 6.34. The third kappa shape index (κ3) is 5.87. The average Bonchev–Trinajstić information content (AvgIpc) is 3.39. The molecule has 2 aromatic heterocycles. The number of rotatable bonds is 8. The molecule has 0 spiro atoms. The highest BCUT2D eigenvalue weighted by molar-refractivity contribution is 6.31. The Kier molecular flexibility index (Phi) is 8.03. The van der Waals surface area contributed by atoms with Gasteiger partial charge in [0, 0.05) is 29.1 Å². The van der Waals surface area contributed by atoms with Crippen molar-refractivity contribution in [1.29, 1.82) is 0 Å². The number of fused-ring (bicyclic) bond motifs is 3. The molecular weight excluding hydrogens is 598 g/mol. The molecule has 0 fully saturated rings. The summed E-state index contributed by atoms with van der Waals surface area (Å²) in [6.45, 7) is 0.661. The van der Waals surface area contributed by atoms with Crippen LogP contribution in [-0.2, 0) is 19.4 Å². The van der Waals surface area contributed by atoms with Crippen LogP contribution in [0.5, 0.6) is 0 Å². The fourth-order valence-corrected chi connectivity index (χ4v) is 6.50. The molecule has 8 nitrogen and oxygen atoms in total. The fraction of sp³-hybridized carbons (Fsp3) is 0.162. The number of anilines is 1. The standard InChI is InChI=1S/C37H30ClN5O3/c38-27-18-19-33-32(23-27)40-37(42(33)20-8-12-24-9-2-1-3-10-24)41-36(44)34-29-15-4-5-17-31(29)39-35-26(13-7-16-30(34)35)21-25-11-6-14-28(22-25)43(45)46/h1-6,9-11,14-15,17-19,21-23H,7-8,12-13,16,20H2,(H,40,41,44)/b26-21+. The normalized spacial score (nSPS) is 13.6. The minimum absolute atomic E-state index is 0.0323. The highest BCUT2D eigenvalue weighted by Crippen LogP contribution is 2.37. The van der Waals surface area contributed by atoms with Crippen LogP contribution in [0, 0.1) is 10.1 Å². The van der Waals surface area contributed by atoms with E-state index in [1.54, 1.807) is 12.1 Å². The smallest absolute Gasteiger partial charge is 0.270 e. The zero-order valence-electron chi connectivity index (χ0n) is 24.9. The molecule has 7 rings (SSSR count). The van der Waals surface area contributed by atoms with E-state index in [1.165, 1.54) is 11.6 Å². The summed E-state index contributed by atoms with van der Waals surface area (Å²) in [5, 5.41) is 15.9. The molecule has 0 saturated carbocycles. The second-order valence-electron chi connectivity index (χ2n) is 11.5. The van der Waals surface area contributed by atoms with Crippen LogP contribution >= 0.6 is 11.6 Å². The van der Waals surface area contributed by atoms with Crippen molar-refractivity contribution in [1.82, 2.24) is 14.5 Å². The van der Waals surface area contributed by atoms with Gasteiger partial charge >= 0.3 is 0 Å². The lowest BCUT2D eigenvalue weighted by molar-refractivity contribution is -0.384. The quantitative estimate of drug-likeness (QED) is 0.134. The molecule has 0 unspecified atom stereocenters. The minimum Gasteiger partial charge on any atom is -0.310 e. The Morgan fingerprint density at radius 3 is 2.61 bits per heavy atom. The van der Waals surface area contributed by atoms with Gasteiger partial charge in [0.25, 0.3) is 11.6 Å². The Morgan fingerprint density at radius 2 is 1.76 bits per heavy atom. The molecule has 1 aliphatic rings. The summed E-state index contributed by atoms with van der Waals surface area (Å²) >= 11 is 6.32. The molecular formula is C37H30ClN5O3. The third-order valence-corrected chi connectivity index (χ3v) is 8.68. The lowest BCUT2D eigenvalue weighted by Gasteiger charge is -2.23. The molecule has 0 bridgehead atoms. The number of nitro benzene ring substituents is 1. The molecule has 46 heavy (non-hydrogen) atoms. The zero-order valence-corrected chi connectivity index (χ0v) is 25.7. The molecule has 0 aliphatic heterocycles. The van der Waals surface area contributed by atoms with Gasteiger partial charge in [-0.1, -0.05) is 72.3 Å². The van der Waals surface area contributed by atoms with E-state index in [0.717, 1.165) is 59.0 Å². The first-order chi connectivity index (χ1) is 22.4. The molecule has 9 heteroatoms. The Bertz CT molecular complexity index is 2160. The van der Waals surface area contributed by atoms with Crippen molar-refractivity contribution in [3.8, 4) is 0 Å². The number of aromatic nitrogens is 3. The van der Waals surface area contributed by atoms with E-state index in [1.807, 2.05) is 72.8 Å². The summed E-state index contributed by atoms with van der Waals surface area (Å²) in [7, 11) is 0. The van der Waals surface area contributed by atoms with Crippen LogP contribution in [0.1, 0.15) is 52.0 Å². The van der Waals surface area contributed by atoms with Crippen molar-refractivity contribution in [2.45, 2.75) is 38.6 Å². The van der Waals surface area contributed by atoms with E-state index in [9.17, 15) is 14.9 Å². The predicted octanol–water partition coefficient (Wildman–Crippen LogP) is 8.91. The predicted molar refractivity (Wildman–Crippen MR) is 183 cm³/mol. The van der Waals surface area contributed by atoms with Crippen molar-refractivity contribution in [2.24, 2.45) is 0 Å². The number of non-ortho nitro benzene ring substituents is 1. The molecule has 0 saturated heterocycles. The number of benzene rings is 4. The Hall–Kier alpha value is -5.34. The molecule has 4 aromatic carbocycles. The maximum atomic E-state index is 14.4. The summed E-state index contributed by atoms with van der Waals surface area (Å²) in [5.74, 6) is 0.213. The molecule has 1 N–H and O–H groups in total. The summed E-state index contributed by atoms with van der Waals surface area (Å²) in [5.41, 5.74) is 7.48. The summed E-state index contributed by atoms with van der Waals surface area (Å²) in [6.07, 6.45) is 5.96. The van der Waals surface area contributed by atoms with E-state index in [4.69, 9.17) is 21.6 Å². The van der Waals surface area contributed by atoms with Gasteiger partial charge in [0.05, 0.1) is 32.7 Å². The van der Waals surface area contributed by atoms with Gasteiger partial charge in [-0.2, -0.15) is 0 Å². The van der Waals surface area contributed by atoms with Crippen LogP contribution in [0.4, 0.5) is 11.6 Å². The first-order valence-corrected chi connectivity index (χ1v) is 15.7. The van der Waals surface area contributed by atoms with Gasteiger partial charge in [0.1, 0.15) is 0 Å². The van der Waals surface area contributed by atoms with E-state index < -0.39 is 4.92 Å². The number of allylic oxidation sites excluding steroid dienone is 1. The average molecular weight is 628 g/mol. The Morgan fingerprint density at radius 1 is 0.935 bits per heavy atom. The zero-order chi connectivity index (χ0) is 31.6.